The molecule has 0 aromatic heterocycles. The fourth-order valence-corrected chi connectivity index (χ4v) is 6.00. The third-order valence-electron chi connectivity index (χ3n) is 6.57. The van der Waals surface area contributed by atoms with E-state index in [0.29, 0.717) is 17.4 Å². The van der Waals surface area contributed by atoms with Crippen LogP contribution in [0.1, 0.15) is 52.7 Å². The van der Waals surface area contributed by atoms with Crippen molar-refractivity contribution < 1.29 is 9.90 Å². The number of nitrogens with one attached hydrogen (secondary N) is 1. The van der Waals surface area contributed by atoms with Crippen molar-refractivity contribution in [2.45, 2.75) is 31.2 Å². The first-order valence-corrected chi connectivity index (χ1v) is 9.80. The van der Waals surface area contributed by atoms with E-state index in [-0.39, 0.29) is 6.04 Å². The third kappa shape index (κ3) is 2.34. The Labute approximate surface area is 155 Å². The lowest BCUT2D eigenvalue weighted by Gasteiger charge is -2.43. The molecule has 0 radical (unpaired) electrons. The molecule has 2 saturated carbocycles. The van der Waals surface area contributed by atoms with Crippen molar-refractivity contribution >= 4 is 27.6 Å². The SMILES string of the molecule is O=C(O)c1ccc([C@@H]2Nc3ccc(Br)cc3[C@H]3[C@H]4CC[C@@H](C4)[C@H]32)cc1. The van der Waals surface area contributed by atoms with E-state index in [1.165, 1.54) is 36.1 Å². The second kappa shape index (κ2) is 5.60. The molecule has 2 bridgehead atoms. The van der Waals surface area contributed by atoms with Crippen molar-refractivity contribution in [1.29, 1.82) is 0 Å². The molecule has 1 heterocycles. The molecule has 2 aliphatic carbocycles. The summed E-state index contributed by atoms with van der Waals surface area (Å²) in [6, 6.07) is 14.3. The van der Waals surface area contributed by atoms with Gasteiger partial charge in [-0.2, -0.15) is 0 Å². The predicted octanol–water partition coefficient (Wildman–Crippen LogP) is 5.44. The van der Waals surface area contributed by atoms with E-state index in [9.17, 15) is 4.79 Å². The predicted molar refractivity (Wildman–Crippen MR) is 101 cm³/mol. The molecule has 3 nitrogen and oxygen atoms in total. The lowest BCUT2D eigenvalue weighted by molar-refractivity contribution is 0.0697. The summed E-state index contributed by atoms with van der Waals surface area (Å²) < 4.78 is 1.15. The Morgan fingerprint density at radius 1 is 1.08 bits per heavy atom. The van der Waals surface area contributed by atoms with Crippen LogP contribution >= 0.6 is 15.9 Å². The van der Waals surface area contributed by atoms with E-state index in [4.69, 9.17) is 5.11 Å². The Bertz CT molecular complexity index is 847. The summed E-state index contributed by atoms with van der Waals surface area (Å²) in [7, 11) is 0. The summed E-state index contributed by atoms with van der Waals surface area (Å²) in [6.07, 6.45) is 4.02. The number of fused-ring (bicyclic) bond motifs is 7. The molecule has 1 aliphatic heterocycles. The van der Waals surface area contributed by atoms with Crippen LogP contribution in [0.5, 0.6) is 0 Å². The maximum absolute atomic E-state index is 11.2. The zero-order valence-corrected chi connectivity index (χ0v) is 15.4. The number of halogens is 1. The van der Waals surface area contributed by atoms with Crippen molar-refractivity contribution in [3.05, 3.63) is 63.6 Å². The molecule has 2 fully saturated rings. The molecule has 5 atom stereocenters. The molecule has 4 heteroatoms. The van der Waals surface area contributed by atoms with E-state index in [1.54, 1.807) is 12.1 Å². The topological polar surface area (TPSA) is 49.3 Å². The number of carbonyl (C=O) groups is 1. The highest BCUT2D eigenvalue weighted by Gasteiger charge is 2.53. The van der Waals surface area contributed by atoms with E-state index in [0.717, 1.165) is 16.3 Å². The highest BCUT2D eigenvalue weighted by molar-refractivity contribution is 9.10. The number of rotatable bonds is 2. The molecule has 3 aliphatic rings. The summed E-state index contributed by atoms with van der Waals surface area (Å²) >= 11 is 3.64. The molecule has 0 spiro atoms. The van der Waals surface area contributed by atoms with Gasteiger partial charge in [0.25, 0.3) is 0 Å². The van der Waals surface area contributed by atoms with Gasteiger partial charge in [-0.1, -0.05) is 28.1 Å². The minimum absolute atomic E-state index is 0.275. The van der Waals surface area contributed by atoms with Crippen molar-refractivity contribution in [3.8, 4) is 0 Å². The quantitative estimate of drug-likeness (QED) is 0.708. The van der Waals surface area contributed by atoms with Crippen molar-refractivity contribution in [2.24, 2.45) is 17.8 Å². The first-order chi connectivity index (χ1) is 12.1. The maximum atomic E-state index is 11.2. The number of aromatic carboxylic acids is 1. The van der Waals surface area contributed by atoms with Crippen LogP contribution in [0.4, 0.5) is 5.69 Å². The van der Waals surface area contributed by atoms with Crippen LogP contribution in [0, 0.1) is 17.8 Å². The van der Waals surface area contributed by atoms with E-state index in [1.807, 2.05) is 12.1 Å². The van der Waals surface area contributed by atoms with Gasteiger partial charge in [0.15, 0.2) is 0 Å². The van der Waals surface area contributed by atoms with Crippen LogP contribution in [0.3, 0.4) is 0 Å². The van der Waals surface area contributed by atoms with Gasteiger partial charge in [-0.15, -0.1) is 0 Å². The average Bonchev–Trinajstić information content (AvgIpc) is 3.23. The minimum Gasteiger partial charge on any atom is -0.478 e. The zero-order valence-electron chi connectivity index (χ0n) is 13.8. The highest BCUT2D eigenvalue weighted by atomic mass is 79.9. The van der Waals surface area contributed by atoms with Gasteiger partial charge in [-0.25, -0.2) is 4.79 Å². The van der Waals surface area contributed by atoms with Gasteiger partial charge < -0.3 is 10.4 Å². The van der Waals surface area contributed by atoms with Gasteiger partial charge >= 0.3 is 5.97 Å². The summed E-state index contributed by atoms with van der Waals surface area (Å²) in [5.74, 6) is 1.94. The Morgan fingerprint density at radius 3 is 2.60 bits per heavy atom. The van der Waals surface area contributed by atoms with E-state index >= 15 is 0 Å². The van der Waals surface area contributed by atoms with Gasteiger partial charge in [0.1, 0.15) is 0 Å². The molecule has 2 aromatic rings. The number of anilines is 1. The smallest absolute Gasteiger partial charge is 0.335 e. The Hall–Kier alpha value is -1.81. The Morgan fingerprint density at radius 2 is 1.84 bits per heavy atom. The Kier molecular flexibility index (Phi) is 3.46. The second-order valence-corrected chi connectivity index (χ2v) is 8.63. The number of carboxylic acid groups (broad SMARTS) is 1. The van der Waals surface area contributed by atoms with E-state index < -0.39 is 5.97 Å². The van der Waals surface area contributed by atoms with Gasteiger partial charge in [0, 0.05) is 10.2 Å². The van der Waals surface area contributed by atoms with Gasteiger partial charge in [-0.05, 0) is 84.4 Å². The van der Waals surface area contributed by atoms with Gasteiger partial charge in [0.05, 0.1) is 11.6 Å². The molecule has 25 heavy (non-hydrogen) atoms. The first kappa shape index (κ1) is 15.4. The van der Waals surface area contributed by atoms with Crippen LogP contribution in [-0.2, 0) is 0 Å². The van der Waals surface area contributed by atoms with Crippen LogP contribution in [0.2, 0.25) is 0 Å². The van der Waals surface area contributed by atoms with Crippen LogP contribution in [0.15, 0.2) is 46.9 Å². The number of benzene rings is 2. The monoisotopic (exact) mass is 397 g/mol. The van der Waals surface area contributed by atoms with Crippen LogP contribution < -0.4 is 5.32 Å². The number of hydrogen-bond acceptors (Lipinski definition) is 2. The molecule has 2 N–H and O–H groups in total. The number of carboxylic acids is 1. The number of hydrogen-bond donors (Lipinski definition) is 2. The van der Waals surface area contributed by atoms with Crippen LogP contribution in [0.25, 0.3) is 0 Å². The average molecular weight is 398 g/mol. The fraction of sp³-hybridized carbons (Fsp3) is 0.381. The molecule has 2 aromatic carbocycles. The van der Waals surface area contributed by atoms with Crippen molar-refractivity contribution in [1.82, 2.24) is 0 Å². The van der Waals surface area contributed by atoms with Crippen molar-refractivity contribution in [3.63, 3.8) is 0 Å². The molecule has 0 amide bonds. The molecule has 5 rings (SSSR count). The zero-order chi connectivity index (χ0) is 17.1. The summed E-state index contributed by atoms with van der Waals surface area (Å²) in [5, 5.41) is 12.9. The van der Waals surface area contributed by atoms with E-state index in [2.05, 4.69) is 39.4 Å². The lowest BCUT2D eigenvalue weighted by atomic mass is 9.68. The standard InChI is InChI=1S/C21H20BrNO2/c22-15-7-8-17-16(10-15)18-13-5-6-14(9-13)19(18)20(23-17)11-1-3-12(4-2-11)21(24)25/h1-4,7-8,10,13-14,18-20,23H,5-6,9H2,(H,24,25)/t13-,14-,18+,19+,20-/m0/s1. The largest absolute Gasteiger partial charge is 0.478 e. The highest BCUT2D eigenvalue weighted by Crippen LogP contribution is 2.63. The molecule has 128 valence electrons. The molecular formula is C21H20BrNO2. The summed E-state index contributed by atoms with van der Waals surface area (Å²) in [5.41, 5.74) is 4.27. The minimum atomic E-state index is -0.865. The summed E-state index contributed by atoms with van der Waals surface area (Å²) in [6.45, 7) is 0. The molecular weight excluding hydrogens is 378 g/mol. The fourth-order valence-electron chi connectivity index (χ4n) is 5.62. The third-order valence-corrected chi connectivity index (χ3v) is 7.06. The van der Waals surface area contributed by atoms with Crippen LogP contribution in [-0.4, -0.2) is 11.1 Å². The second-order valence-electron chi connectivity index (χ2n) is 7.72. The Balaban J connectivity index is 1.58. The van der Waals surface area contributed by atoms with Crippen molar-refractivity contribution in [2.75, 3.05) is 5.32 Å². The maximum Gasteiger partial charge on any atom is 0.335 e. The molecule has 0 saturated heterocycles. The first-order valence-electron chi connectivity index (χ1n) is 9.01. The van der Waals surface area contributed by atoms with Gasteiger partial charge in [0.2, 0.25) is 0 Å². The normalized spacial score (nSPS) is 32.0. The van der Waals surface area contributed by atoms with Gasteiger partial charge in [-0.3, -0.25) is 0 Å². The lowest BCUT2D eigenvalue weighted by Crippen LogP contribution is -2.35. The summed E-state index contributed by atoms with van der Waals surface area (Å²) in [4.78, 5) is 11.2. The molecule has 0 unspecified atom stereocenters.